The highest BCUT2D eigenvalue weighted by molar-refractivity contribution is 6.16. The molecule has 1 heterocycles. The van der Waals surface area contributed by atoms with Crippen molar-refractivity contribution in [2.24, 2.45) is 0 Å². The van der Waals surface area contributed by atoms with E-state index in [1.54, 1.807) is 12.1 Å². The minimum atomic E-state index is -0.686. The van der Waals surface area contributed by atoms with Gasteiger partial charge in [-0.2, -0.15) is 0 Å². The Morgan fingerprint density at radius 3 is 2.85 bits per heavy atom. The van der Waals surface area contributed by atoms with Gasteiger partial charge in [-0.25, -0.2) is 9.78 Å². The van der Waals surface area contributed by atoms with Crippen LogP contribution in [-0.2, 0) is 10.7 Å². The molecule has 0 aliphatic carbocycles. The zero-order valence-electron chi connectivity index (χ0n) is 7.08. The maximum Gasteiger partial charge on any atom is 0.359 e. The molecule has 0 amide bonds. The number of anilines is 1. The average Bonchev–Trinajstić information content (AvgIpc) is 2.16. The smallest absolute Gasteiger partial charge is 0.359 e. The molecule has 0 spiro atoms. The normalized spacial score (nSPS) is 9.69. The molecule has 0 fully saturated rings. The quantitative estimate of drug-likeness (QED) is 0.787. The summed E-state index contributed by atoms with van der Waals surface area (Å²) in [6.07, 6.45) is 0.764. The molecule has 0 saturated carbocycles. The molecule has 1 aromatic rings. The number of pyridine rings is 1. The van der Waals surface area contributed by atoms with Crippen LogP contribution in [-0.4, -0.2) is 11.0 Å². The summed E-state index contributed by atoms with van der Waals surface area (Å²) in [4.78, 5) is 14.9. The third kappa shape index (κ3) is 2.09. The molecular weight excluding hydrogens is 192 g/mol. The molecule has 70 valence electrons. The predicted molar refractivity (Wildman–Crippen MR) is 49.3 cm³/mol. The first kappa shape index (κ1) is 9.80. The Labute approximate surface area is 80.8 Å². The maximum absolute atomic E-state index is 11.0. The van der Waals surface area contributed by atoms with Crippen molar-refractivity contribution in [2.45, 2.75) is 13.3 Å². The van der Waals surface area contributed by atoms with Crippen molar-refractivity contribution in [1.82, 2.24) is 4.98 Å². The minimum absolute atomic E-state index is 0.144. The van der Waals surface area contributed by atoms with E-state index in [0.717, 1.165) is 12.1 Å². The SMILES string of the molecule is CCc1ccc(C(=O)OCl)c(N)n1. The number of nitrogens with two attached hydrogens (primary N) is 1. The first-order chi connectivity index (χ1) is 6.19. The molecule has 1 rings (SSSR count). The second-order valence-corrected chi connectivity index (χ2v) is 2.61. The van der Waals surface area contributed by atoms with Crippen LogP contribution in [0, 0.1) is 0 Å². The van der Waals surface area contributed by atoms with E-state index in [4.69, 9.17) is 17.6 Å². The Hall–Kier alpha value is -1.29. The number of aryl methyl sites for hydroxylation is 1. The molecule has 0 atom stereocenters. The van der Waals surface area contributed by atoms with E-state index in [-0.39, 0.29) is 11.4 Å². The lowest BCUT2D eigenvalue weighted by Gasteiger charge is -2.02. The number of carbonyl (C=O) groups is 1. The fourth-order valence-electron chi connectivity index (χ4n) is 0.928. The number of rotatable bonds is 2. The van der Waals surface area contributed by atoms with E-state index in [1.165, 1.54) is 0 Å². The van der Waals surface area contributed by atoms with Gasteiger partial charge in [-0.05, 0) is 18.6 Å². The van der Waals surface area contributed by atoms with Crippen LogP contribution in [0.15, 0.2) is 12.1 Å². The maximum atomic E-state index is 11.0. The van der Waals surface area contributed by atoms with Crippen molar-refractivity contribution < 1.29 is 9.08 Å². The molecule has 5 heteroatoms. The monoisotopic (exact) mass is 200 g/mol. The zero-order chi connectivity index (χ0) is 9.84. The number of nitrogens with zero attached hydrogens (tertiary/aromatic N) is 1. The summed E-state index contributed by atoms with van der Waals surface area (Å²) in [6, 6.07) is 3.26. The van der Waals surface area contributed by atoms with Gasteiger partial charge in [0.2, 0.25) is 0 Å². The molecular formula is C8H9ClN2O2. The fraction of sp³-hybridized carbons (Fsp3) is 0.250. The molecule has 1 aromatic heterocycles. The highest BCUT2D eigenvalue weighted by Crippen LogP contribution is 2.12. The van der Waals surface area contributed by atoms with Crippen LogP contribution in [0.25, 0.3) is 0 Å². The zero-order valence-corrected chi connectivity index (χ0v) is 7.84. The number of nitrogen functional groups attached to an aromatic ring is 1. The lowest BCUT2D eigenvalue weighted by atomic mass is 10.2. The van der Waals surface area contributed by atoms with Gasteiger partial charge in [0, 0.05) is 5.69 Å². The Bertz CT molecular complexity index is 328. The lowest BCUT2D eigenvalue weighted by Crippen LogP contribution is -2.06. The van der Waals surface area contributed by atoms with Crippen LogP contribution in [0.1, 0.15) is 23.0 Å². The molecule has 4 nitrogen and oxygen atoms in total. The molecule has 13 heavy (non-hydrogen) atoms. The molecule has 0 bridgehead atoms. The van der Waals surface area contributed by atoms with E-state index in [2.05, 4.69) is 9.27 Å². The van der Waals surface area contributed by atoms with E-state index in [1.807, 2.05) is 6.92 Å². The summed E-state index contributed by atoms with van der Waals surface area (Å²) in [5.41, 5.74) is 6.51. The second kappa shape index (κ2) is 4.09. The van der Waals surface area contributed by atoms with Crippen molar-refractivity contribution in [1.29, 1.82) is 0 Å². The van der Waals surface area contributed by atoms with Crippen molar-refractivity contribution >= 4 is 23.7 Å². The third-order valence-corrected chi connectivity index (χ3v) is 1.77. The number of halogens is 1. The van der Waals surface area contributed by atoms with Gasteiger partial charge in [0.05, 0.1) is 0 Å². The van der Waals surface area contributed by atoms with E-state index in [9.17, 15) is 4.79 Å². The Morgan fingerprint density at radius 2 is 2.38 bits per heavy atom. The van der Waals surface area contributed by atoms with Gasteiger partial charge in [0.15, 0.2) is 0 Å². The van der Waals surface area contributed by atoms with E-state index >= 15 is 0 Å². The molecule has 0 radical (unpaired) electrons. The molecule has 0 aliphatic heterocycles. The summed E-state index contributed by atoms with van der Waals surface area (Å²) < 4.78 is 4.00. The third-order valence-electron chi connectivity index (χ3n) is 1.63. The van der Waals surface area contributed by atoms with Crippen molar-refractivity contribution in [3.05, 3.63) is 23.4 Å². The van der Waals surface area contributed by atoms with Gasteiger partial charge in [0.25, 0.3) is 0 Å². The van der Waals surface area contributed by atoms with Gasteiger partial charge in [-0.1, -0.05) is 6.92 Å². The first-order valence-corrected chi connectivity index (χ1v) is 4.08. The summed E-state index contributed by atoms with van der Waals surface area (Å²) in [7, 11) is 0. The summed E-state index contributed by atoms with van der Waals surface area (Å²) in [6.45, 7) is 1.95. The van der Waals surface area contributed by atoms with Crippen LogP contribution in [0.5, 0.6) is 0 Å². The van der Waals surface area contributed by atoms with Crippen molar-refractivity contribution in [3.8, 4) is 0 Å². The fourth-order valence-corrected chi connectivity index (χ4v) is 1.01. The number of hydrogen-bond acceptors (Lipinski definition) is 4. The summed E-state index contributed by atoms with van der Waals surface area (Å²) >= 11 is 4.90. The van der Waals surface area contributed by atoms with Gasteiger partial charge < -0.3 is 10.0 Å². The second-order valence-electron chi connectivity index (χ2n) is 2.45. The van der Waals surface area contributed by atoms with Crippen LogP contribution < -0.4 is 5.73 Å². The van der Waals surface area contributed by atoms with Crippen LogP contribution in [0.2, 0.25) is 0 Å². The van der Waals surface area contributed by atoms with E-state index in [0.29, 0.717) is 0 Å². The standard InChI is InChI=1S/C8H9ClN2O2/c1-2-5-3-4-6(7(10)11-5)8(12)13-9/h3-4H,2H2,1H3,(H2,10,11). The van der Waals surface area contributed by atoms with Crippen molar-refractivity contribution in [3.63, 3.8) is 0 Å². The molecule has 0 aliphatic rings. The van der Waals surface area contributed by atoms with Crippen LogP contribution in [0.3, 0.4) is 0 Å². The predicted octanol–water partition coefficient (Wildman–Crippen LogP) is 1.54. The summed E-state index contributed by atoms with van der Waals surface area (Å²) in [5, 5.41) is 0. The van der Waals surface area contributed by atoms with Gasteiger partial charge in [-0.15, -0.1) is 0 Å². The molecule has 0 unspecified atom stereocenters. The first-order valence-electron chi connectivity index (χ1n) is 3.77. The number of hydrogen-bond donors (Lipinski definition) is 1. The summed E-state index contributed by atoms with van der Waals surface area (Å²) in [5.74, 6) is -0.542. The Balaban J connectivity index is 3.05. The topological polar surface area (TPSA) is 65.2 Å². The van der Waals surface area contributed by atoms with Gasteiger partial charge in [0.1, 0.15) is 23.2 Å². The lowest BCUT2D eigenvalue weighted by molar-refractivity contribution is 0.0752. The van der Waals surface area contributed by atoms with Crippen LogP contribution >= 0.6 is 11.9 Å². The largest absolute Gasteiger partial charge is 0.383 e. The molecule has 0 saturated heterocycles. The Kier molecular flexibility index (Phi) is 3.08. The highest BCUT2D eigenvalue weighted by Gasteiger charge is 2.11. The number of carbonyl (C=O) groups excluding carboxylic acids is 1. The molecule has 2 N–H and O–H groups in total. The van der Waals surface area contributed by atoms with Gasteiger partial charge in [-0.3, -0.25) is 0 Å². The van der Waals surface area contributed by atoms with Crippen LogP contribution in [0.4, 0.5) is 5.82 Å². The number of aromatic nitrogens is 1. The van der Waals surface area contributed by atoms with Gasteiger partial charge >= 0.3 is 5.97 Å². The minimum Gasteiger partial charge on any atom is -0.383 e. The average molecular weight is 201 g/mol. The highest BCUT2D eigenvalue weighted by atomic mass is 35.5. The molecule has 0 aromatic carbocycles. The Morgan fingerprint density at radius 1 is 1.69 bits per heavy atom. The van der Waals surface area contributed by atoms with E-state index < -0.39 is 5.97 Å². The van der Waals surface area contributed by atoms with Crippen molar-refractivity contribution in [2.75, 3.05) is 5.73 Å².